The van der Waals surface area contributed by atoms with E-state index in [9.17, 15) is 14.0 Å². The highest BCUT2D eigenvalue weighted by molar-refractivity contribution is 5.96. The molecule has 30 heavy (non-hydrogen) atoms. The largest absolute Gasteiger partial charge is 0.490 e. The van der Waals surface area contributed by atoms with E-state index in [1.165, 1.54) is 23.8 Å². The van der Waals surface area contributed by atoms with Crippen molar-refractivity contribution in [3.8, 4) is 5.75 Å². The molecule has 0 aromatic heterocycles. The van der Waals surface area contributed by atoms with E-state index in [1.807, 2.05) is 12.1 Å². The number of amides is 3. The Morgan fingerprint density at radius 1 is 1.27 bits per heavy atom. The van der Waals surface area contributed by atoms with E-state index in [4.69, 9.17) is 9.47 Å². The maximum absolute atomic E-state index is 14.0. The summed E-state index contributed by atoms with van der Waals surface area (Å²) in [6, 6.07) is 4.72. The molecule has 3 aliphatic rings. The molecule has 9 heteroatoms. The minimum Gasteiger partial charge on any atom is -0.490 e. The average Bonchev–Trinajstić information content (AvgIpc) is 3.64. The highest BCUT2D eigenvalue weighted by Crippen LogP contribution is 2.46. The van der Waals surface area contributed by atoms with Gasteiger partial charge in [-0.25, -0.2) is 14.6 Å². The first-order chi connectivity index (χ1) is 14.6. The molecule has 0 atom stereocenters. The van der Waals surface area contributed by atoms with Crippen molar-refractivity contribution >= 4 is 11.9 Å². The zero-order valence-corrected chi connectivity index (χ0v) is 17.0. The summed E-state index contributed by atoms with van der Waals surface area (Å²) < 4.78 is 25.2. The molecule has 0 bridgehead atoms. The van der Waals surface area contributed by atoms with Crippen molar-refractivity contribution in [3.63, 3.8) is 0 Å². The number of carbonyl (C=O) groups excluding carboxylic acids is 2. The summed E-state index contributed by atoms with van der Waals surface area (Å²) in [5.74, 6) is 0.358. The van der Waals surface area contributed by atoms with Crippen LogP contribution in [0.25, 0.3) is 0 Å². The monoisotopic (exact) mass is 420 g/mol. The van der Waals surface area contributed by atoms with Gasteiger partial charge in [0.05, 0.1) is 18.8 Å². The van der Waals surface area contributed by atoms with E-state index in [-0.39, 0.29) is 24.0 Å². The molecule has 1 aromatic rings. The van der Waals surface area contributed by atoms with Crippen molar-refractivity contribution in [2.45, 2.75) is 44.1 Å². The average molecular weight is 420 g/mol. The number of halogens is 1. The van der Waals surface area contributed by atoms with Crippen molar-refractivity contribution in [1.82, 2.24) is 21.1 Å². The molecule has 1 heterocycles. The van der Waals surface area contributed by atoms with Gasteiger partial charge < -0.3 is 14.4 Å². The van der Waals surface area contributed by atoms with Gasteiger partial charge in [-0.2, -0.15) is 0 Å². The highest BCUT2D eigenvalue weighted by Gasteiger charge is 2.44. The third-order valence-corrected chi connectivity index (χ3v) is 5.71. The van der Waals surface area contributed by atoms with Crippen molar-refractivity contribution in [2.24, 2.45) is 5.92 Å². The molecule has 0 unspecified atom stereocenters. The number of hydrazine groups is 1. The standard InChI is InChI=1S/C21H29FN4O4/c22-17-5-4-16(12-18(17)30-13-15-2-3-15)21(7-8-21)25-23-9-1-11-29-14-26-10-6-19(27)24-20(26)28/h4-5,12,15,23,25H,1-3,6-11,13-14H2,(H,24,27,28). The van der Waals surface area contributed by atoms with E-state index in [1.54, 1.807) is 0 Å². The molecule has 1 aromatic carbocycles. The highest BCUT2D eigenvalue weighted by atomic mass is 19.1. The SMILES string of the molecule is O=C1CCN(COCCCNNC2(c3ccc(F)c(OCC4CC4)c3)CC2)C(=O)N1. The fourth-order valence-electron chi connectivity index (χ4n) is 3.41. The Kier molecular flexibility index (Phi) is 6.50. The Hall–Kier alpha value is -2.23. The normalized spacial score (nSPS) is 20.2. The summed E-state index contributed by atoms with van der Waals surface area (Å²) in [4.78, 5) is 24.2. The maximum Gasteiger partial charge on any atom is 0.325 e. The molecular weight excluding hydrogens is 391 g/mol. The summed E-state index contributed by atoms with van der Waals surface area (Å²) in [5.41, 5.74) is 7.45. The molecule has 1 saturated heterocycles. The first kappa shape index (κ1) is 21.0. The first-order valence-corrected chi connectivity index (χ1v) is 10.7. The molecule has 4 rings (SSSR count). The van der Waals surface area contributed by atoms with Gasteiger partial charge in [-0.15, -0.1) is 0 Å². The van der Waals surface area contributed by atoms with Crippen molar-refractivity contribution < 1.29 is 23.5 Å². The molecule has 0 spiro atoms. The minimum absolute atomic E-state index is 0.176. The van der Waals surface area contributed by atoms with Gasteiger partial charge in [0.15, 0.2) is 11.6 Å². The second-order valence-corrected chi connectivity index (χ2v) is 8.29. The van der Waals surface area contributed by atoms with Gasteiger partial charge in [-0.05, 0) is 55.7 Å². The Labute approximate surface area is 175 Å². The number of rotatable bonds is 12. The molecule has 3 N–H and O–H groups in total. The lowest BCUT2D eigenvalue weighted by atomic mass is 10.1. The van der Waals surface area contributed by atoms with Gasteiger partial charge in [-0.1, -0.05) is 6.07 Å². The van der Waals surface area contributed by atoms with Gasteiger partial charge in [0.2, 0.25) is 5.91 Å². The molecular formula is C21H29FN4O4. The molecule has 2 saturated carbocycles. The van der Waals surface area contributed by atoms with Crippen LogP contribution in [0.4, 0.5) is 9.18 Å². The third-order valence-electron chi connectivity index (χ3n) is 5.71. The Morgan fingerprint density at radius 2 is 2.10 bits per heavy atom. The maximum atomic E-state index is 14.0. The van der Waals surface area contributed by atoms with Crippen LogP contribution in [0, 0.1) is 11.7 Å². The molecule has 1 aliphatic heterocycles. The van der Waals surface area contributed by atoms with Crippen LogP contribution in [-0.2, 0) is 15.1 Å². The van der Waals surface area contributed by atoms with E-state index < -0.39 is 6.03 Å². The van der Waals surface area contributed by atoms with Crippen molar-refractivity contribution in [1.29, 1.82) is 0 Å². The lowest BCUT2D eigenvalue weighted by Gasteiger charge is -2.26. The smallest absolute Gasteiger partial charge is 0.325 e. The van der Waals surface area contributed by atoms with Gasteiger partial charge in [0.1, 0.15) is 6.73 Å². The van der Waals surface area contributed by atoms with Crippen LogP contribution in [0.3, 0.4) is 0 Å². The van der Waals surface area contributed by atoms with Crippen LogP contribution in [0.1, 0.15) is 44.1 Å². The number of urea groups is 1. The second-order valence-electron chi connectivity index (χ2n) is 8.29. The Bertz CT molecular complexity index is 782. The lowest BCUT2D eigenvalue weighted by molar-refractivity contribution is -0.122. The zero-order valence-electron chi connectivity index (χ0n) is 17.0. The van der Waals surface area contributed by atoms with Crippen LogP contribution in [0.5, 0.6) is 5.75 Å². The number of nitrogens with zero attached hydrogens (tertiary/aromatic N) is 1. The fourth-order valence-corrected chi connectivity index (χ4v) is 3.41. The van der Waals surface area contributed by atoms with Crippen molar-refractivity contribution in [2.75, 3.05) is 33.0 Å². The molecule has 0 radical (unpaired) electrons. The molecule has 3 fully saturated rings. The summed E-state index contributed by atoms with van der Waals surface area (Å²) in [6.07, 6.45) is 5.37. The third kappa shape index (κ3) is 5.47. The summed E-state index contributed by atoms with van der Waals surface area (Å²) in [7, 11) is 0. The lowest BCUT2D eigenvalue weighted by Crippen LogP contribution is -2.50. The summed E-state index contributed by atoms with van der Waals surface area (Å²) in [5, 5.41) is 2.27. The number of hydrogen-bond donors (Lipinski definition) is 3. The molecule has 164 valence electrons. The van der Waals surface area contributed by atoms with Crippen LogP contribution >= 0.6 is 0 Å². The van der Waals surface area contributed by atoms with E-state index in [0.29, 0.717) is 44.4 Å². The second kappa shape index (κ2) is 9.28. The topological polar surface area (TPSA) is 91.9 Å². The molecule has 3 amide bonds. The van der Waals surface area contributed by atoms with E-state index in [2.05, 4.69) is 16.2 Å². The van der Waals surface area contributed by atoms with Gasteiger partial charge >= 0.3 is 6.03 Å². The van der Waals surface area contributed by atoms with Crippen LogP contribution in [-0.4, -0.2) is 49.9 Å². The molecule has 8 nitrogen and oxygen atoms in total. The van der Waals surface area contributed by atoms with Gasteiger partial charge in [-0.3, -0.25) is 15.5 Å². The van der Waals surface area contributed by atoms with Gasteiger partial charge in [0.25, 0.3) is 0 Å². The molecule has 2 aliphatic carbocycles. The van der Waals surface area contributed by atoms with E-state index >= 15 is 0 Å². The number of carbonyl (C=O) groups is 2. The Balaban J connectivity index is 1.14. The minimum atomic E-state index is -0.401. The number of imide groups is 1. The summed E-state index contributed by atoms with van der Waals surface area (Å²) in [6.45, 7) is 2.34. The number of benzene rings is 1. The van der Waals surface area contributed by atoms with Crippen molar-refractivity contribution in [3.05, 3.63) is 29.6 Å². The number of nitrogens with one attached hydrogen (secondary N) is 3. The first-order valence-electron chi connectivity index (χ1n) is 10.7. The summed E-state index contributed by atoms with van der Waals surface area (Å²) >= 11 is 0. The predicted molar refractivity (Wildman–Crippen MR) is 107 cm³/mol. The van der Waals surface area contributed by atoms with E-state index in [0.717, 1.165) is 24.8 Å². The van der Waals surface area contributed by atoms with Crippen LogP contribution in [0.2, 0.25) is 0 Å². The predicted octanol–water partition coefficient (Wildman–Crippen LogP) is 2.00. The Morgan fingerprint density at radius 3 is 2.83 bits per heavy atom. The van der Waals surface area contributed by atoms with Crippen LogP contribution < -0.4 is 20.9 Å². The number of hydrogen-bond acceptors (Lipinski definition) is 6. The van der Waals surface area contributed by atoms with Crippen LogP contribution in [0.15, 0.2) is 18.2 Å². The zero-order chi connectivity index (χ0) is 21.0. The quantitative estimate of drug-likeness (QED) is 0.354. The van der Waals surface area contributed by atoms with Gasteiger partial charge in [0, 0.05) is 19.5 Å². The fraction of sp³-hybridized carbons (Fsp3) is 0.619. The number of ether oxygens (including phenoxy) is 2.